The van der Waals surface area contributed by atoms with Gasteiger partial charge in [-0.1, -0.05) is 0 Å². The number of likely N-dealkylation sites (tertiary alicyclic amines) is 1. The smallest absolute Gasteiger partial charge is 0.253 e. The number of carbonyl (C=O) groups excluding carboxylic acids is 1. The molecule has 0 atom stereocenters. The first kappa shape index (κ1) is 14.1. The number of amides is 1. The molecule has 1 amide bonds. The lowest BCUT2D eigenvalue weighted by Gasteiger charge is -2.14. The van der Waals surface area contributed by atoms with Crippen molar-refractivity contribution in [3.05, 3.63) is 36.2 Å². The quantitative estimate of drug-likeness (QED) is 0.782. The van der Waals surface area contributed by atoms with E-state index in [0.29, 0.717) is 17.1 Å². The Morgan fingerprint density at radius 3 is 2.74 bits per heavy atom. The Hall–Kier alpha value is -2.54. The van der Waals surface area contributed by atoms with E-state index >= 15 is 0 Å². The predicted octanol–water partition coefficient (Wildman–Crippen LogP) is 2.57. The molecule has 0 aliphatic carbocycles. The van der Waals surface area contributed by atoms with Crippen molar-refractivity contribution >= 4 is 33.3 Å². The number of thiazole rings is 1. The molecule has 0 radical (unpaired) electrons. The molecule has 1 aliphatic heterocycles. The molecule has 23 heavy (non-hydrogen) atoms. The number of fused-ring (bicyclic) bond motifs is 1. The minimum atomic E-state index is 0.0957. The van der Waals surface area contributed by atoms with E-state index in [-0.39, 0.29) is 5.91 Å². The van der Waals surface area contributed by atoms with Crippen molar-refractivity contribution in [1.82, 2.24) is 19.9 Å². The minimum Gasteiger partial charge on any atom is -0.382 e. The molecule has 0 spiro atoms. The molecule has 0 bridgehead atoms. The number of benzene rings is 1. The first-order valence-corrected chi connectivity index (χ1v) is 8.31. The van der Waals surface area contributed by atoms with Gasteiger partial charge in [0.2, 0.25) is 0 Å². The summed E-state index contributed by atoms with van der Waals surface area (Å²) in [6, 6.07) is 5.63. The van der Waals surface area contributed by atoms with Gasteiger partial charge in [0.25, 0.3) is 5.91 Å². The maximum absolute atomic E-state index is 12.5. The lowest BCUT2D eigenvalue weighted by Crippen LogP contribution is -2.27. The fraction of sp³-hybridized carbons (Fsp3) is 0.250. The monoisotopic (exact) mass is 325 g/mol. The summed E-state index contributed by atoms with van der Waals surface area (Å²) in [5, 5.41) is 0.719. The zero-order chi connectivity index (χ0) is 15.8. The summed E-state index contributed by atoms with van der Waals surface area (Å²) in [5.74, 6) is 0.457. The zero-order valence-corrected chi connectivity index (χ0v) is 13.2. The molecule has 116 valence electrons. The number of anilines is 1. The van der Waals surface area contributed by atoms with Crippen molar-refractivity contribution in [2.75, 3.05) is 18.8 Å². The fourth-order valence-electron chi connectivity index (χ4n) is 2.78. The van der Waals surface area contributed by atoms with Crippen molar-refractivity contribution in [3.63, 3.8) is 0 Å². The van der Waals surface area contributed by atoms with Crippen molar-refractivity contribution in [2.45, 2.75) is 12.8 Å². The molecular formula is C16H15N5OS. The van der Waals surface area contributed by atoms with Gasteiger partial charge in [0.05, 0.1) is 10.2 Å². The van der Waals surface area contributed by atoms with Gasteiger partial charge in [0, 0.05) is 31.0 Å². The second kappa shape index (κ2) is 5.58. The molecule has 1 aliphatic rings. The highest BCUT2D eigenvalue weighted by Gasteiger charge is 2.20. The van der Waals surface area contributed by atoms with E-state index in [9.17, 15) is 4.79 Å². The van der Waals surface area contributed by atoms with E-state index in [0.717, 1.165) is 41.2 Å². The average Bonchev–Trinajstić information content (AvgIpc) is 3.23. The largest absolute Gasteiger partial charge is 0.382 e. The first-order chi connectivity index (χ1) is 11.2. The van der Waals surface area contributed by atoms with Crippen molar-refractivity contribution in [2.24, 2.45) is 0 Å². The van der Waals surface area contributed by atoms with Crippen LogP contribution in [0.25, 0.3) is 20.9 Å². The molecule has 3 aromatic rings. The number of aromatic nitrogens is 3. The van der Waals surface area contributed by atoms with Gasteiger partial charge in [-0.25, -0.2) is 15.0 Å². The number of nitrogens with two attached hydrogens (primary N) is 1. The number of rotatable bonds is 2. The van der Waals surface area contributed by atoms with Gasteiger partial charge in [-0.3, -0.25) is 4.79 Å². The van der Waals surface area contributed by atoms with Crippen molar-refractivity contribution in [1.29, 1.82) is 0 Å². The van der Waals surface area contributed by atoms with E-state index in [4.69, 9.17) is 5.73 Å². The molecule has 6 nitrogen and oxygen atoms in total. The van der Waals surface area contributed by atoms with Crippen LogP contribution in [0.2, 0.25) is 0 Å². The van der Waals surface area contributed by atoms with Crippen LogP contribution in [-0.4, -0.2) is 38.8 Å². The molecular weight excluding hydrogens is 310 g/mol. The van der Waals surface area contributed by atoms with Crippen LogP contribution in [-0.2, 0) is 0 Å². The number of carbonyl (C=O) groups is 1. The molecule has 1 saturated heterocycles. The molecule has 2 aromatic heterocycles. The summed E-state index contributed by atoms with van der Waals surface area (Å²) >= 11 is 1.47. The summed E-state index contributed by atoms with van der Waals surface area (Å²) in [6.45, 7) is 1.70. The van der Waals surface area contributed by atoms with Gasteiger partial charge in [0.1, 0.15) is 10.7 Å². The third kappa shape index (κ3) is 2.53. The Morgan fingerprint density at radius 1 is 1.17 bits per heavy atom. The van der Waals surface area contributed by atoms with E-state index < -0.39 is 0 Å². The van der Waals surface area contributed by atoms with E-state index in [1.165, 1.54) is 11.3 Å². The second-order valence-electron chi connectivity index (χ2n) is 5.49. The second-order valence-corrected chi connectivity index (χ2v) is 6.52. The van der Waals surface area contributed by atoms with Gasteiger partial charge >= 0.3 is 0 Å². The van der Waals surface area contributed by atoms with E-state index in [1.54, 1.807) is 12.4 Å². The van der Waals surface area contributed by atoms with Crippen LogP contribution in [0, 0.1) is 0 Å². The Balaban J connectivity index is 1.72. The van der Waals surface area contributed by atoms with Crippen LogP contribution in [0.1, 0.15) is 23.2 Å². The van der Waals surface area contributed by atoms with Crippen molar-refractivity contribution in [3.8, 4) is 10.7 Å². The van der Waals surface area contributed by atoms with E-state index in [2.05, 4.69) is 15.0 Å². The summed E-state index contributed by atoms with van der Waals surface area (Å²) in [7, 11) is 0. The number of nitrogens with zero attached hydrogens (tertiary/aromatic N) is 4. The molecule has 7 heteroatoms. The van der Waals surface area contributed by atoms with Crippen LogP contribution < -0.4 is 5.73 Å². The average molecular weight is 325 g/mol. The van der Waals surface area contributed by atoms with Gasteiger partial charge in [-0.05, 0) is 31.0 Å². The Kier molecular flexibility index (Phi) is 3.42. The lowest BCUT2D eigenvalue weighted by molar-refractivity contribution is 0.0793. The topological polar surface area (TPSA) is 85.0 Å². The maximum Gasteiger partial charge on any atom is 0.253 e. The Labute approximate surface area is 137 Å². The number of hydrogen-bond acceptors (Lipinski definition) is 6. The minimum absolute atomic E-state index is 0.0957. The highest BCUT2D eigenvalue weighted by molar-refractivity contribution is 7.21. The molecule has 2 N–H and O–H groups in total. The van der Waals surface area contributed by atoms with E-state index in [1.807, 2.05) is 23.1 Å². The van der Waals surface area contributed by atoms with Crippen LogP contribution in [0.3, 0.4) is 0 Å². The summed E-state index contributed by atoms with van der Waals surface area (Å²) < 4.78 is 0.954. The zero-order valence-electron chi connectivity index (χ0n) is 12.4. The summed E-state index contributed by atoms with van der Waals surface area (Å²) in [5.41, 5.74) is 8.00. The third-order valence-corrected chi connectivity index (χ3v) is 4.98. The molecule has 3 heterocycles. The number of nitrogen functional groups attached to an aromatic ring is 1. The normalized spacial score (nSPS) is 14.5. The Morgan fingerprint density at radius 2 is 1.96 bits per heavy atom. The van der Waals surface area contributed by atoms with Crippen LogP contribution in [0.4, 0.5) is 5.82 Å². The Bertz CT molecular complexity index is 885. The maximum atomic E-state index is 12.5. The highest BCUT2D eigenvalue weighted by atomic mass is 32.1. The standard InChI is InChI=1S/C16H15N5OS/c17-14-13(18-5-6-19-14)15-20-11-4-3-10(9-12(11)23-15)16(22)21-7-1-2-8-21/h3-6,9H,1-2,7-8H2,(H2,17,19). The molecule has 4 rings (SSSR count). The highest BCUT2D eigenvalue weighted by Crippen LogP contribution is 2.31. The van der Waals surface area contributed by atoms with Gasteiger partial charge in [-0.15, -0.1) is 11.3 Å². The SMILES string of the molecule is Nc1nccnc1-c1nc2ccc(C(=O)N3CCCC3)cc2s1. The lowest BCUT2D eigenvalue weighted by atomic mass is 10.2. The first-order valence-electron chi connectivity index (χ1n) is 7.49. The summed E-state index contributed by atoms with van der Waals surface area (Å²) in [4.78, 5) is 27.2. The predicted molar refractivity (Wildman–Crippen MR) is 90.2 cm³/mol. The molecule has 0 saturated carbocycles. The van der Waals surface area contributed by atoms with Crippen LogP contribution >= 0.6 is 11.3 Å². The van der Waals surface area contributed by atoms with Crippen LogP contribution in [0.15, 0.2) is 30.6 Å². The summed E-state index contributed by atoms with van der Waals surface area (Å²) in [6.07, 6.45) is 5.33. The third-order valence-electron chi connectivity index (χ3n) is 3.96. The fourth-order valence-corrected chi connectivity index (χ4v) is 3.79. The molecule has 1 aromatic carbocycles. The van der Waals surface area contributed by atoms with Crippen molar-refractivity contribution < 1.29 is 4.79 Å². The molecule has 0 unspecified atom stereocenters. The van der Waals surface area contributed by atoms with Crippen LogP contribution in [0.5, 0.6) is 0 Å². The van der Waals surface area contributed by atoms with Gasteiger partial charge in [-0.2, -0.15) is 0 Å². The number of hydrogen-bond donors (Lipinski definition) is 1. The van der Waals surface area contributed by atoms with Gasteiger partial charge < -0.3 is 10.6 Å². The van der Waals surface area contributed by atoms with Gasteiger partial charge in [0.15, 0.2) is 5.82 Å². The molecule has 1 fully saturated rings.